The van der Waals surface area contributed by atoms with E-state index in [0.717, 1.165) is 0 Å². The van der Waals surface area contributed by atoms with Gasteiger partial charge in [-0.3, -0.25) is 4.79 Å². The van der Waals surface area contributed by atoms with E-state index in [1.807, 2.05) is 20.8 Å². The average Bonchev–Trinajstić information content (AvgIpc) is 3.27. The first kappa shape index (κ1) is 23.5. The number of hydrogen-bond donors (Lipinski definition) is 2. The summed E-state index contributed by atoms with van der Waals surface area (Å²) in [6.07, 6.45) is 0. The first-order valence-electron chi connectivity index (χ1n) is 10.4. The normalized spacial score (nSPS) is 10.7. The number of rotatable bonds is 10. The van der Waals surface area contributed by atoms with Gasteiger partial charge in [0, 0.05) is 11.1 Å². The van der Waals surface area contributed by atoms with E-state index in [9.17, 15) is 9.90 Å². The SMILES string of the molecule is CCOc1cc(C(=O)Nc2cc(-c3ccc(CO)o3)ccc2Cl)cc(OCC)c1OCC. The molecule has 3 aromatic rings. The number of hydrogen-bond acceptors (Lipinski definition) is 6. The zero-order valence-corrected chi connectivity index (χ0v) is 19.0. The van der Waals surface area contributed by atoms with Crippen molar-refractivity contribution in [1.82, 2.24) is 0 Å². The maximum absolute atomic E-state index is 13.1. The van der Waals surface area contributed by atoms with Crippen LogP contribution in [0, 0.1) is 0 Å². The van der Waals surface area contributed by atoms with E-state index in [1.165, 1.54) is 0 Å². The van der Waals surface area contributed by atoms with Crippen molar-refractivity contribution >= 4 is 23.2 Å². The van der Waals surface area contributed by atoms with Crippen LogP contribution in [0.2, 0.25) is 5.02 Å². The van der Waals surface area contributed by atoms with Crippen LogP contribution in [0.1, 0.15) is 36.9 Å². The second-order valence-corrected chi connectivity index (χ2v) is 7.08. The maximum Gasteiger partial charge on any atom is 0.255 e. The standard InChI is InChI=1S/C24H26ClNO6/c1-4-29-21-12-16(13-22(30-5-2)23(21)31-6-3)24(28)26-19-11-15(7-9-18(19)25)20-10-8-17(14-27)32-20/h7-13,27H,4-6,14H2,1-3H3,(H,26,28). The van der Waals surface area contributed by atoms with Gasteiger partial charge in [-0.2, -0.15) is 0 Å². The Morgan fingerprint density at radius 3 is 2.19 bits per heavy atom. The third-order valence-corrected chi connectivity index (χ3v) is 4.82. The Labute approximate surface area is 191 Å². The number of aliphatic hydroxyl groups is 1. The number of benzene rings is 2. The maximum atomic E-state index is 13.1. The van der Waals surface area contributed by atoms with E-state index >= 15 is 0 Å². The molecule has 2 N–H and O–H groups in total. The summed E-state index contributed by atoms with van der Waals surface area (Å²) in [4.78, 5) is 13.1. The van der Waals surface area contributed by atoms with Crippen molar-refractivity contribution in [2.45, 2.75) is 27.4 Å². The molecule has 0 aliphatic heterocycles. The lowest BCUT2D eigenvalue weighted by atomic mass is 10.1. The third-order valence-electron chi connectivity index (χ3n) is 4.49. The molecule has 8 heteroatoms. The molecule has 0 aliphatic carbocycles. The monoisotopic (exact) mass is 459 g/mol. The van der Waals surface area contributed by atoms with E-state index in [4.69, 9.17) is 30.2 Å². The Morgan fingerprint density at radius 1 is 0.969 bits per heavy atom. The molecule has 1 heterocycles. The summed E-state index contributed by atoms with van der Waals surface area (Å²) in [6, 6.07) is 11.8. The van der Waals surface area contributed by atoms with Gasteiger partial charge in [-0.15, -0.1) is 0 Å². The molecule has 1 amide bonds. The summed E-state index contributed by atoms with van der Waals surface area (Å²) >= 11 is 6.32. The van der Waals surface area contributed by atoms with Crippen LogP contribution in [0.4, 0.5) is 5.69 Å². The highest BCUT2D eigenvalue weighted by molar-refractivity contribution is 6.34. The molecule has 2 aromatic carbocycles. The molecule has 3 rings (SSSR count). The van der Waals surface area contributed by atoms with Gasteiger partial charge in [-0.1, -0.05) is 11.6 Å². The number of ether oxygens (including phenoxy) is 3. The average molecular weight is 460 g/mol. The molecule has 0 aliphatic rings. The van der Waals surface area contributed by atoms with Crippen molar-refractivity contribution in [2.24, 2.45) is 0 Å². The fourth-order valence-electron chi connectivity index (χ4n) is 3.11. The van der Waals surface area contributed by atoms with Gasteiger partial charge in [-0.25, -0.2) is 0 Å². The summed E-state index contributed by atoms with van der Waals surface area (Å²) in [7, 11) is 0. The van der Waals surface area contributed by atoms with Crippen LogP contribution in [0.15, 0.2) is 46.9 Å². The second-order valence-electron chi connectivity index (χ2n) is 6.67. The van der Waals surface area contributed by atoms with E-state index in [2.05, 4.69) is 5.32 Å². The number of halogens is 1. The first-order chi connectivity index (χ1) is 15.5. The molecular formula is C24H26ClNO6. The van der Waals surface area contributed by atoms with Crippen LogP contribution in [0.5, 0.6) is 17.2 Å². The lowest BCUT2D eigenvalue weighted by Gasteiger charge is -2.17. The highest BCUT2D eigenvalue weighted by atomic mass is 35.5. The summed E-state index contributed by atoms with van der Waals surface area (Å²) in [5, 5.41) is 12.4. The molecular weight excluding hydrogens is 434 g/mol. The summed E-state index contributed by atoms with van der Waals surface area (Å²) in [6.45, 7) is 6.62. The van der Waals surface area contributed by atoms with Gasteiger partial charge in [0.25, 0.3) is 5.91 Å². The van der Waals surface area contributed by atoms with Crippen LogP contribution in [-0.2, 0) is 6.61 Å². The predicted molar refractivity (Wildman–Crippen MR) is 123 cm³/mol. The Bertz CT molecular complexity index is 1050. The van der Waals surface area contributed by atoms with E-state index in [1.54, 1.807) is 42.5 Å². The van der Waals surface area contributed by atoms with E-state index in [-0.39, 0.29) is 12.5 Å². The summed E-state index contributed by atoms with van der Waals surface area (Å²) < 4.78 is 22.6. The lowest BCUT2D eigenvalue weighted by Crippen LogP contribution is -2.13. The highest BCUT2D eigenvalue weighted by Crippen LogP contribution is 2.39. The van der Waals surface area contributed by atoms with Gasteiger partial charge in [-0.05, 0) is 63.2 Å². The van der Waals surface area contributed by atoms with Crippen molar-refractivity contribution < 1.29 is 28.5 Å². The largest absolute Gasteiger partial charge is 0.490 e. The fraction of sp³-hybridized carbons (Fsp3) is 0.292. The summed E-state index contributed by atoms with van der Waals surface area (Å²) in [5.41, 5.74) is 1.46. The molecule has 0 radical (unpaired) electrons. The number of amides is 1. The molecule has 1 aromatic heterocycles. The molecule has 170 valence electrons. The van der Waals surface area contributed by atoms with Crippen molar-refractivity contribution in [3.8, 4) is 28.6 Å². The Kier molecular flexibility index (Phi) is 8.03. The van der Waals surface area contributed by atoms with Crippen molar-refractivity contribution in [2.75, 3.05) is 25.1 Å². The fourth-order valence-corrected chi connectivity index (χ4v) is 3.27. The number of carbonyl (C=O) groups excluding carboxylic acids is 1. The highest BCUT2D eigenvalue weighted by Gasteiger charge is 2.19. The third kappa shape index (κ3) is 5.36. The second kappa shape index (κ2) is 10.9. The predicted octanol–water partition coefficient (Wildman–Crippen LogP) is 5.54. The van der Waals surface area contributed by atoms with Crippen LogP contribution < -0.4 is 19.5 Å². The van der Waals surface area contributed by atoms with Crippen LogP contribution in [-0.4, -0.2) is 30.8 Å². The first-order valence-corrected chi connectivity index (χ1v) is 10.8. The minimum absolute atomic E-state index is 0.195. The zero-order chi connectivity index (χ0) is 23.1. The van der Waals surface area contributed by atoms with E-state index in [0.29, 0.717) is 70.4 Å². The quantitative estimate of drug-likeness (QED) is 0.413. The molecule has 0 saturated heterocycles. The minimum atomic E-state index is -0.385. The van der Waals surface area contributed by atoms with Gasteiger partial charge in [0.1, 0.15) is 18.1 Å². The zero-order valence-electron chi connectivity index (χ0n) is 18.2. The minimum Gasteiger partial charge on any atom is -0.490 e. The molecule has 0 saturated carbocycles. The Morgan fingerprint density at radius 2 is 1.62 bits per heavy atom. The van der Waals surface area contributed by atoms with Crippen LogP contribution >= 0.6 is 11.6 Å². The van der Waals surface area contributed by atoms with E-state index < -0.39 is 0 Å². The van der Waals surface area contributed by atoms with Gasteiger partial charge in [0.2, 0.25) is 5.75 Å². The van der Waals surface area contributed by atoms with Crippen molar-refractivity contribution in [1.29, 1.82) is 0 Å². The van der Waals surface area contributed by atoms with Crippen molar-refractivity contribution in [3.05, 3.63) is 58.8 Å². The molecule has 0 bridgehead atoms. The number of furan rings is 1. The number of aliphatic hydroxyl groups excluding tert-OH is 1. The van der Waals surface area contributed by atoms with Gasteiger partial charge < -0.3 is 29.1 Å². The number of anilines is 1. The Balaban J connectivity index is 1.93. The van der Waals surface area contributed by atoms with Gasteiger partial charge in [0.05, 0.1) is 30.5 Å². The van der Waals surface area contributed by atoms with Crippen LogP contribution in [0.3, 0.4) is 0 Å². The summed E-state index contributed by atoms with van der Waals surface area (Å²) in [5.74, 6) is 1.94. The van der Waals surface area contributed by atoms with Gasteiger partial charge in [0.15, 0.2) is 11.5 Å². The topological polar surface area (TPSA) is 90.2 Å². The number of nitrogens with one attached hydrogen (secondary N) is 1. The molecule has 0 unspecified atom stereocenters. The molecule has 0 atom stereocenters. The van der Waals surface area contributed by atoms with Crippen molar-refractivity contribution in [3.63, 3.8) is 0 Å². The molecule has 7 nitrogen and oxygen atoms in total. The number of carbonyl (C=O) groups is 1. The lowest BCUT2D eigenvalue weighted by molar-refractivity contribution is 0.102. The Hall–Kier alpha value is -3.16. The molecule has 0 spiro atoms. The smallest absolute Gasteiger partial charge is 0.255 e. The molecule has 0 fully saturated rings. The molecule has 32 heavy (non-hydrogen) atoms. The van der Waals surface area contributed by atoms with Crippen LogP contribution in [0.25, 0.3) is 11.3 Å². The van der Waals surface area contributed by atoms with Gasteiger partial charge >= 0.3 is 0 Å².